The molecule has 0 spiro atoms. The fourth-order valence-electron chi connectivity index (χ4n) is 5.46. The lowest BCUT2D eigenvalue weighted by Gasteiger charge is -2.71. The number of halogens is 4. The van der Waals surface area contributed by atoms with Gasteiger partial charge in [0.25, 0.3) is 0 Å². The van der Waals surface area contributed by atoms with Crippen LogP contribution in [0.3, 0.4) is 0 Å². The summed E-state index contributed by atoms with van der Waals surface area (Å²) in [5.74, 6) is 0.720. The van der Waals surface area contributed by atoms with Gasteiger partial charge in [-0.05, 0) is 61.8 Å². The van der Waals surface area contributed by atoms with E-state index in [0.717, 1.165) is 25.0 Å². The highest BCUT2D eigenvalue weighted by atomic mass is 35.5. The summed E-state index contributed by atoms with van der Waals surface area (Å²) in [6.45, 7) is 0.0500. The highest BCUT2D eigenvalue weighted by Gasteiger charge is 2.69. The van der Waals surface area contributed by atoms with Gasteiger partial charge in [-0.15, -0.1) is 13.2 Å². The van der Waals surface area contributed by atoms with Gasteiger partial charge in [-0.1, -0.05) is 11.6 Å². The van der Waals surface area contributed by atoms with E-state index in [2.05, 4.69) is 14.3 Å². The van der Waals surface area contributed by atoms with Crippen LogP contribution in [0.25, 0.3) is 0 Å². The van der Waals surface area contributed by atoms with Crippen LogP contribution in [0.4, 0.5) is 13.2 Å². The Labute approximate surface area is 182 Å². The molecule has 4 saturated carbocycles. The molecule has 5 nitrogen and oxygen atoms in total. The molecule has 0 radical (unpaired) electrons. The SMILES string of the molecule is O=C(COc1ccc(Cl)cc1)CC12CC(n3cnc(C4CC(OC(F)(F)F)C4)c3)(C1)C2. The van der Waals surface area contributed by atoms with Crippen molar-refractivity contribution in [1.82, 2.24) is 9.55 Å². The Morgan fingerprint density at radius 3 is 2.52 bits per heavy atom. The maximum atomic E-state index is 12.4. The molecule has 31 heavy (non-hydrogen) atoms. The maximum Gasteiger partial charge on any atom is 0.522 e. The van der Waals surface area contributed by atoms with E-state index in [-0.39, 0.29) is 29.3 Å². The van der Waals surface area contributed by atoms with Crippen molar-refractivity contribution in [3.63, 3.8) is 0 Å². The molecule has 0 saturated heterocycles. The molecule has 0 amide bonds. The van der Waals surface area contributed by atoms with Crippen molar-refractivity contribution in [2.75, 3.05) is 6.61 Å². The summed E-state index contributed by atoms with van der Waals surface area (Å²) in [7, 11) is 0. The number of ketones is 1. The highest BCUT2D eigenvalue weighted by Crippen LogP contribution is 2.73. The van der Waals surface area contributed by atoms with Gasteiger partial charge in [0.2, 0.25) is 0 Å². The van der Waals surface area contributed by atoms with E-state index < -0.39 is 12.5 Å². The minimum atomic E-state index is -4.58. The van der Waals surface area contributed by atoms with E-state index in [1.807, 2.05) is 6.20 Å². The number of Topliss-reactive ketones (excluding diaryl/α,β-unsaturated/α-hetero) is 1. The third-order valence-electron chi connectivity index (χ3n) is 6.86. The molecule has 0 unspecified atom stereocenters. The van der Waals surface area contributed by atoms with Crippen molar-refractivity contribution in [2.45, 2.75) is 62.4 Å². The number of imidazole rings is 1. The first-order valence-corrected chi connectivity index (χ1v) is 10.7. The van der Waals surface area contributed by atoms with Crippen molar-refractivity contribution < 1.29 is 27.4 Å². The van der Waals surface area contributed by atoms with Crippen LogP contribution in [0.1, 0.15) is 50.1 Å². The molecule has 6 rings (SSSR count). The average molecular weight is 455 g/mol. The molecular formula is C22H22ClF3N2O3. The van der Waals surface area contributed by atoms with Crippen LogP contribution >= 0.6 is 11.6 Å². The standard InChI is InChI=1S/C22H22ClF3N2O3/c23-15-1-3-17(4-2-15)30-9-16(29)7-20-10-21(11-20,12-20)28-8-19(27-13-28)14-5-18(6-14)31-22(24,25)26/h1-4,8,13-14,18H,5-7,9-12H2. The molecule has 166 valence electrons. The maximum absolute atomic E-state index is 12.4. The zero-order valence-electron chi connectivity index (χ0n) is 16.7. The highest BCUT2D eigenvalue weighted by molar-refractivity contribution is 6.30. The first kappa shape index (κ1) is 20.8. The van der Waals surface area contributed by atoms with Gasteiger partial charge in [0, 0.05) is 29.1 Å². The molecule has 1 aromatic carbocycles. The van der Waals surface area contributed by atoms with Crippen molar-refractivity contribution in [3.8, 4) is 5.75 Å². The summed E-state index contributed by atoms with van der Waals surface area (Å²) < 4.78 is 48.5. The van der Waals surface area contributed by atoms with Gasteiger partial charge >= 0.3 is 6.36 Å². The van der Waals surface area contributed by atoms with E-state index in [4.69, 9.17) is 16.3 Å². The summed E-state index contributed by atoms with van der Waals surface area (Å²) >= 11 is 5.84. The van der Waals surface area contributed by atoms with E-state index in [9.17, 15) is 18.0 Å². The topological polar surface area (TPSA) is 53.4 Å². The number of hydrogen-bond acceptors (Lipinski definition) is 4. The molecule has 0 aliphatic heterocycles. The number of alkyl halides is 3. The smallest absolute Gasteiger partial charge is 0.486 e. The monoisotopic (exact) mass is 454 g/mol. The zero-order valence-corrected chi connectivity index (χ0v) is 17.5. The molecule has 4 aliphatic rings. The molecule has 9 heteroatoms. The van der Waals surface area contributed by atoms with Gasteiger partial charge in [-0.25, -0.2) is 4.98 Å². The molecule has 4 fully saturated rings. The van der Waals surface area contributed by atoms with Crippen LogP contribution in [0.5, 0.6) is 5.75 Å². The molecular weight excluding hydrogens is 433 g/mol. The minimum Gasteiger partial charge on any atom is -0.486 e. The molecule has 4 aliphatic carbocycles. The third-order valence-corrected chi connectivity index (χ3v) is 7.11. The van der Waals surface area contributed by atoms with Gasteiger partial charge in [0.15, 0.2) is 5.78 Å². The first-order valence-electron chi connectivity index (χ1n) is 10.3. The number of benzene rings is 1. The quantitative estimate of drug-likeness (QED) is 0.547. The summed E-state index contributed by atoms with van der Waals surface area (Å²) in [5.41, 5.74) is 0.884. The van der Waals surface area contributed by atoms with Crippen LogP contribution in [-0.4, -0.2) is 34.4 Å². The van der Waals surface area contributed by atoms with Crippen LogP contribution < -0.4 is 4.74 Å². The van der Waals surface area contributed by atoms with E-state index >= 15 is 0 Å². The molecule has 1 heterocycles. The number of rotatable bonds is 8. The van der Waals surface area contributed by atoms with Crippen LogP contribution in [-0.2, 0) is 15.1 Å². The largest absolute Gasteiger partial charge is 0.522 e. The van der Waals surface area contributed by atoms with E-state index in [1.165, 1.54) is 0 Å². The fourth-order valence-corrected chi connectivity index (χ4v) is 5.59. The minimum absolute atomic E-state index is 0.00812. The summed E-state index contributed by atoms with van der Waals surface area (Å²) in [4.78, 5) is 16.8. The number of nitrogens with zero attached hydrogens (tertiary/aromatic N) is 2. The predicted molar refractivity (Wildman–Crippen MR) is 106 cm³/mol. The third kappa shape index (κ3) is 4.07. The van der Waals surface area contributed by atoms with Gasteiger partial charge in [-0.2, -0.15) is 0 Å². The summed E-state index contributed by atoms with van der Waals surface area (Å²) in [5, 5.41) is 0.618. The molecule has 2 bridgehead atoms. The van der Waals surface area contributed by atoms with Crippen molar-refractivity contribution in [2.24, 2.45) is 5.41 Å². The lowest BCUT2D eigenvalue weighted by molar-refractivity contribution is -0.351. The van der Waals surface area contributed by atoms with Crippen LogP contribution in [0, 0.1) is 5.41 Å². The Morgan fingerprint density at radius 2 is 1.87 bits per heavy atom. The number of carbonyl (C=O) groups is 1. The average Bonchev–Trinajstić information content (AvgIpc) is 3.07. The van der Waals surface area contributed by atoms with Crippen molar-refractivity contribution in [3.05, 3.63) is 47.5 Å². The first-order chi connectivity index (χ1) is 14.6. The second-order valence-corrected chi connectivity index (χ2v) is 9.71. The second kappa shape index (κ2) is 7.24. The van der Waals surface area contributed by atoms with Crippen molar-refractivity contribution >= 4 is 17.4 Å². The second-order valence-electron chi connectivity index (χ2n) is 9.27. The van der Waals surface area contributed by atoms with Gasteiger partial charge < -0.3 is 9.30 Å². The number of hydrogen-bond donors (Lipinski definition) is 0. The molecule has 1 aromatic heterocycles. The Bertz CT molecular complexity index is 963. The number of carbonyl (C=O) groups excluding carboxylic acids is 1. The Hall–Kier alpha value is -2.06. The lowest BCUT2D eigenvalue weighted by Crippen LogP contribution is -2.67. The number of ether oxygens (including phenoxy) is 2. The van der Waals surface area contributed by atoms with Gasteiger partial charge in [-0.3, -0.25) is 9.53 Å². The fraction of sp³-hybridized carbons (Fsp3) is 0.545. The molecule has 0 atom stereocenters. The van der Waals surface area contributed by atoms with E-state index in [1.54, 1.807) is 30.6 Å². The zero-order chi connectivity index (χ0) is 21.9. The van der Waals surface area contributed by atoms with Crippen LogP contribution in [0.2, 0.25) is 5.02 Å². The van der Waals surface area contributed by atoms with Gasteiger partial charge in [0.05, 0.1) is 18.1 Å². The summed E-state index contributed by atoms with van der Waals surface area (Å²) in [6.07, 6.45) is 2.35. The summed E-state index contributed by atoms with van der Waals surface area (Å²) in [6, 6.07) is 6.92. The Morgan fingerprint density at radius 1 is 1.19 bits per heavy atom. The molecule has 2 aromatic rings. The lowest BCUT2D eigenvalue weighted by atomic mass is 9.38. The normalized spacial score (nSPS) is 31.4. The predicted octanol–water partition coefficient (Wildman–Crippen LogP) is 5.24. The van der Waals surface area contributed by atoms with E-state index in [0.29, 0.717) is 30.0 Å². The molecule has 0 N–H and O–H groups in total. The Balaban J connectivity index is 1.08. The Kier molecular flexibility index (Phi) is 4.86. The number of aromatic nitrogens is 2. The van der Waals surface area contributed by atoms with Gasteiger partial charge in [0.1, 0.15) is 12.4 Å². The van der Waals surface area contributed by atoms with Crippen LogP contribution in [0.15, 0.2) is 36.8 Å². The van der Waals surface area contributed by atoms with Crippen molar-refractivity contribution in [1.29, 1.82) is 0 Å².